The quantitative estimate of drug-likeness (QED) is 0.551. The van der Waals surface area contributed by atoms with E-state index in [2.05, 4.69) is 0 Å². The van der Waals surface area contributed by atoms with Gasteiger partial charge in [-0.2, -0.15) is 0 Å². The Morgan fingerprint density at radius 3 is 2.27 bits per heavy atom. The van der Waals surface area contributed by atoms with E-state index >= 15 is 0 Å². The SMILES string of the molecule is O=C1CCCC(=O)N1CCO. The van der Waals surface area contributed by atoms with Crippen LogP contribution in [-0.2, 0) is 9.59 Å². The van der Waals surface area contributed by atoms with Gasteiger partial charge in [-0.3, -0.25) is 14.5 Å². The van der Waals surface area contributed by atoms with Crippen molar-refractivity contribution in [2.45, 2.75) is 19.3 Å². The summed E-state index contributed by atoms with van der Waals surface area (Å²) in [6.45, 7) is 0.00907. The van der Waals surface area contributed by atoms with Crippen molar-refractivity contribution < 1.29 is 14.7 Å². The number of imide groups is 1. The van der Waals surface area contributed by atoms with E-state index in [1.165, 1.54) is 0 Å². The Morgan fingerprint density at radius 1 is 1.27 bits per heavy atom. The predicted molar refractivity (Wildman–Crippen MR) is 37.7 cm³/mol. The number of hydrogen-bond acceptors (Lipinski definition) is 3. The molecule has 1 N–H and O–H groups in total. The van der Waals surface area contributed by atoms with Crippen LogP contribution >= 0.6 is 0 Å². The number of β-amino-alcohol motifs (C(OH)–C–C–N with tert-alkyl or cyclic N) is 1. The Hall–Kier alpha value is -0.900. The van der Waals surface area contributed by atoms with Gasteiger partial charge in [-0.25, -0.2) is 0 Å². The molecular formula is C7H11NO3. The standard InChI is InChI=1S/C7H11NO3/c9-5-4-8-6(10)2-1-3-7(8)11/h9H,1-5H2. The number of amides is 2. The van der Waals surface area contributed by atoms with E-state index in [-0.39, 0.29) is 25.0 Å². The Labute approximate surface area is 64.8 Å². The fraction of sp³-hybridized carbons (Fsp3) is 0.714. The van der Waals surface area contributed by atoms with Gasteiger partial charge in [0.25, 0.3) is 0 Å². The van der Waals surface area contributed by atoms with Crippen molar-refractivity contribution in [3.63, 3.8) is 0 Å². The van der Waals surface area contributed by atoms with Crippen LogP contribution in [-0.4, -0.2) is 35.0 Å². The highest BCUT2D eigenvalue weighted by atomic mass is 16.3. The summed E-state index contributed by atoms with van der Waals surface area (Å²) in [5.41, 5.74) is 0. The molecule has 1 saturated heterocycles. The zero-order valence-corrected chi connectivity index (χ0v) is 6.25. The average Bonchev–Trinajstić information content (AvgIpc) is 1.97. The van der Waals surface area contributed by atoms with Crippen LogP contribution in [0.15, 0.2) is 0 Å². The molecule has 1 aliphatic heterocycles. The van der Waals surface area contributed by atoms with E-state index in [1.807, 2.05) is 0 Å². The molecule has 62 valence electrons. The van der Waals surface area contributed by atoms with Crippen LogP contribution in [0.2, 0.25) is 0 Å². The van der Waals surface area contributed by atoms with Crippen molar-refractivity contribution in [1.82, 2.24) is 4.90 Å². The van der Waals surface area contributed by atoms with Gasteiger partial charge in [0.2, 0.25) is 11.8 Å². The topological polar surface area (TPSA) is 57.6 Å². The number of nitrogens with zero attached hydrogens (tertiary/aromatic N) is 1. The molecule has 0 saturated carbocycles. The average molecular weight is 157 g/mol. The van der Waals surface area contributed by atoms with Crippen LogP contribution < -0.4 is 0 Å². The zero-order valence-electron chi connectivity index (χ0n) is 6.25. The third-order valence-corrected chi connectivity index (χ3v) is 1.71. The number of rotatable bonds is 2. The molecular weight excluding hydrogens is 146 g/mol. The number of piperidine rings is 1. The molecule has 1 heterocycles. The van der Waals surface area contributed by atoms with Crippen molar-refractivity contribution in [1.29, 1.82) is 0 Å². The number of aliphatic hydroxyl groups excluding tert-OH is 1. The second-order valence-corrected chi connectivity index (χ2v) is 2.52. The molecule has 2 amide bonds. The van der Waals surface area contributed by atoms with Gasteiger partial charge < -0.3 is 5.11 Å². The van der Waals surface area contributed by atoms with E-state index in [0.29, 0.717) is 19.3 Å². The molecule has 1 aliphatic rings. The minimum atomic E-state index is -0.157. The first-order valence-electron chi connectivity index (χ1n) is 3.70. The van der Waals surface area contributed by atoms with Gasteiger partial charge in [-0.15, -0.1) is 0 Å². The molecule has 0 unspecified atom stereocenters. The Morgan fingerprint density at radius 2 is 1.82 bits per heavy atom. The smallest absolute Gasteiger partial charge is 0.229 e. The van der Waals surface area contributed by atoms with E-state index in [1.54, 1.807) is 0 Å². The van der Waals surface area contributed by atoms with Gasteiger partial charge in [-0.05, 0) is 6.42 Å². The third kappa shape index (κ3) is 1.77. The minimum Gasteiger partial charge on any atom is -0.395 e. The van der Waals surface area contributed by atoms with E-state index in [4.69, 9.17) is 5.11 Å². The third-order valence-electron chi connectivity index (χ3n) is 1.71. The Balaban J connectivity index is 2.55. The van der Waals surface area contributed by atoms with Crippen LogP contribution in [0.1, 0.15) is 19.3 Å². The lowest BCUT2D eigenvalue weighted by Gasteiger charge is -2.23. The van der Waals surface area contributed by atoms with Crippen LogP contribution in [0.5, 0.6) is 0 Å². The second-order valence-electron chi connectivity index (χ2n) is 2.52. The van der Waals surface area contributed by atoms with Crippen molar-refractivity contribution in [2.24, 2.45) is 0 Å². The van der Waals surface area contributed by atoms with Crippen molar-refractivity contribution in [3.8, 4) is 0 Å². The van der Waals surface area contributed by atoms with Gasteiger partial charge in [0.15, 0.2) is 0 Å². The van der Waals surface area contributed by atoms with E-state index in [9.17, 15) is 9.59 Å². The maximum atomic E-state index is 11.0. The number of aliphatic hydroxyl groups is 1. The fourth-order valence-electron chi connectivity index (χ4n) is 1.15. The molecule has 0 atom stereocenters. The first-order valence-corrected chi connectivity index (χ1v) is 3.70. The number of likely N-dealkylation sites (tertiary alicyclic amines) is 1. The Kier molecular flexibility index (Phi) is 2.59. The molecule has 11 heavy (non-hydrogen) atoms. The highest BCUT2D eigenvalue weighted by Gasteiger charge is 2.24. The van der Waals surface area contributed by atoms with E-state index < -0.39 is 0 Å². The summed E-state index contributed by atoms with van der Waals surface area (Å²) in [6.07, 6.45) is 1.52. The zero-order chi connectivity index (χ0) is 8.27. The van der Waals surface area contributed by atoms with Gasteiger partial charge in [0.05, 0.1) is 13.2 Å². The lowest BCUT2D eigenvalue weighted by molar-refractivity contribution is -0.148. The molecule has 0 spiro atoms. The number of hydrogen-bond donors (Lipinski definition) is 1. The monoisotopic (exact) mass is 157 g/mol. The van der Waals surface area contributed by atoms with Crippen LogP contribution in [0.4, 0.5) is 0 Å². The molecule has 4 heteroatoms. The summed E-state index contributed by atoms with van der Waals surface area (Å²) in [6, 6.07) is 0. The first-order chi connectivity index (χ1) is 5.25. The summed E-state index contributed by atoms with van der Waals surface area (Å²) in [7, 11) is 0. The summed E-state index contributed by atoms with van der Waals surface area (Å²) in [5, 5.41) is 8.51. The summed E-state index contributed by atoms with van der Waals surface area (Å²) in [5.74, 6) is -0.314. The van der Waals surface area contributed by atoms with Crippen molar-refractivity contribution in [2.75, 3.05) is 13.2 Å². The van der Waals surface area contributed by atoms with Gasteiger partial charge in [0.1, 0.15) is 0 Å². The minimum absolute atomic E-state index is 0.141. The first kappa shape index (κ1) is 8.20. The molecule has 0 radical (unpaired) electrons. The molecule has 0 aromatic heterocycles. The molecule has 0 aliphatic carbocycles. The summed E-state index contributed by atoms with van der Waals surface area (Å²) >= 11 is 0. The Bertz CT molecular complexity index is 163. The largest absolute Gasteiger partial charge is 0.395 e. The fourth-order valence-corrected chi connectivity index (χ4v) is 1.15. The molecule has 0 bridgehead atoms. The number of carbonyl (C=O) groups excluding carboxylic acids is 2. The van der Waals surface area contributed by atoms with Crippen LogP contribution in [0.3, 0.4) is 0 Å². The van der Waals surface area contributed by atoms with Gasteiger partial charge >= 0.3 is 0 Å². The predicted octanol–water partition coefficient (Wildman–Crippen LogP) is -0.482. The lowest BCUT2D eigenvalue weighted by Crippen LogP contribution is -2.41. The normalized spacial score (nSPS) is 19.2. The number of carbonyl (C=O) groups is 2. The highest BCUT2D eigenvalue weighted by Crippen LogP contribution is 2.10. The second kappa shape index (κ2) is 3.48. The van der Waals surface area contributed by atoms with Crippen molar-refractivity contribution >= 4 is 11.8 Å². The molecule has 0 aromatic rings. The molecule has 1 fully saturated rings. The molecule has 0 aromatic carbocycles. The van der Waals surface area contributed by atoms with Gasteiger partial charge in [0, 0.05) is 12.8 Å². The summed E-state index contributed by atoms with van der Waals surface area (Å²) in [4.78, 5) is 23.1. The van der Waals surface area contributed by atoms with E-state index in [0.717, 1.165) is 4.90 Å². The van der Waals surface area contributed by atoms with Crippen molar-refractivity contribution in [3.05, 3.63) is 0 Å². The maximum Gasteiger partial charge on any atom is 0.229 e. The molecule has 4 nitrogen and oxygen atoms in total. The van der Waals surface area contributed by atoms with Crippen LogP contribution in [0.25, 0.3) is 0 Å². The lowest BCUT2D eigenvalue weighted by atomic mass is 10.1. The molecule has 1 rings (SSSR count). The van der Waals surface area contributed by atoms with Crippen LogP contribution in [0, 0.1) is 0 Å². The maximum absolute atomic E-state index is 11.0. The highest BCUT2D eigenvalue weighted by molar-refractivity contribution is 5.97. The summed E-state index contributed by atoms with van der Waals surface area (Å²) < 4.78 is 0. The van der Waals surface area contributed by atoms with Gasteiger partial charge in [-0.1, -0.05) is 0 Å².